The Morgan fingerprint density at radius 1 is 1.35 bits per heavy atom. The highest BCUT2D eigenvalue weighted by Crippen LogP contribution is 2.26. The summed E-state index contributed by atoms with van der Waals surface area (Å²) < 4.78 is 10.4. The molecule has 0 aliphatic rings. The van der Waals surface area contributed by atoms with E-state index in [0.29, 0.717) is 18.8 Å². The Morgan fingerprint density at radius 3 is 2.65 bits per heavy atom. The summed E-state index contributed by atoms with van der Waals surface area (Å²) in [6, 6.07) is 6.57. The molecule has 0 aliphatic carbocycles. The van der Waals surface area contributed by atoms with Gasteiger partial charge in [0, 0.05) is 0 Å². The van der Waals surface area contributed by atoms with E-state index in [2.05, 4.69) is 0 Å². The third-order valence-electron chi connectivity index (χ3n) is 2.23. The topological polar surface area (TPSA) is 55.8 Å². The summed E-state index contributed by atoms with van der Waals surface area (Å²) in [4.78, 5) is 11.6. The minimum absolute atomic E-state index is 0.0258. The molecule has 1 rings (SSSR count). The maximum atomic E-state index is 11.6. The van der Waals surface area contributed by atoms with Crippen molar-refractivity contribution in [2.45, 2.75) is 32.8 Å². The number of hydrogen-bond donors (Lipinski definition) is 1. The monoisotopic (exact) mass is 238 g/mol. The summed E-state index contributed by atoms with van der Waals surface area (Å²) in [5, 5.41) is 9.56. The molecule has 1 aromatic carbocycles. The molecular formula is C13H18O4. The largest absolute Gasteiger partial charge is 0.504 e. The van der Waals surface area contributed by atoms with Crippen LogP contribution in [0.25, 0.3) is 0 Å². The zero-order valence-electron chi connectivity index (χ0n) is 10.2. The maximum absolute atomic E-state index is 11.6. The number of benzene rings is 1. The molecule has 1 aromatic rings. The van der Waals surface area contributed by atoms with Crippen LogP contribution < -0.4 is 4.74 Å². The maximum Gasteiger partial charge on any atom is 0.347 e. The molecule has 0 fully saturated rings. The number of aromatic hydroxyl groups is 1. The van der Waals surface area contributed by atoms with Crippen LogP contribution in [-0.2, 0) is 9.53 Å². The van der Waals surface area contributed by atoms with E-state index in [9.17, 15) is 9.90 Å². The predicted molar refractivity (Wildman–Crippen MR) is 64.1 cm³/mol. The fourth-order valence-electron chi connectivity index (χ4n) is 1.43. The van der Waals surface area contributed by atoms with Gasteiger partial charge in [-0.15, -0.1) is 0 Å². The van der Waals surface area contributed by atoms with Crippen LogP contribution in [0.4, 0.5) is 0 Å². The number of rotatable bonds is 6. The average molecular weight is 238 g/mol. The van der Waals surface area contributed by atoms with Crippen molar-refractivity contribution in [2.75, 3.05) is 6.61 Å². The lowest BCUT2D eigenvalue weighted by atomic mass is 10.2. The van der Waals surface area contributed by atoms with Gasteiger partial charge in [0.1, 0.15) is 0 Å². The van der Waals surface area contributed by atoms with Crippen molar-refractivity contribution in [2.24, 2.45) is 0 Å². The van der Waals surface area contributed by atoms with Crippen LogP contribution in [0.15, 0.2) is 24.3 Å². The van der Waals surface area contributed by atoms with Crippen LogP contribution in [0.1, 0.15) is 26.7 Å². The van der Waals surface area contributed by atoms with Crippen LogP contribution in [0.5, 0.6) is 11.5 Å². The Labute approximate surface area is 101 Å². The van der Waals surface area contributed by atoms with Crippen LogP contribution in [-0.4, -0.2) is 23.8 Å². The molecule has 4 nitrogen and oxygen atoms in total. The highest BCUT2D eigenvalue weighted by Gasteiger charge is 2.21. The summed E-state index contributed by atoms with van der Waals surface area (Å²) in [7, 11) is 0. The van der Waals surface area contributed by atoms with Gasteiger partial charge in [0.25, 0.3) is 0 Å². The fraction of sp³-hybridized carbons (Fsp3) is 0.462. The number of esters is 1. The molecule has 0 unspecified atom stereocenters. The number of para-hydroxylation sites is 2. The summed E-state index contributed by atoms with van der Waals surface area (Å²) >= 11 is 0. The average Bonchev–Trinajstić information content (AvgIpc) is 2.31. The highest BCUT2D eigenvalue weighted by molar-refractivity contribution is 5.75. The Kier molecular flexibility index (Phi) is 5.33. The van der Waals surface area contributed by atoms with Crippen molar-refractivity contribution in [3.8, 4) is 11.5 Å². The first-order chi connectivity index (χ1) is 8.19. The van der Waals surface area contributed by atoms with Gasteiger partial charge in [-0.1, -0.05) is 25.5 Å². The first-order valence-corrected chi connectivity index (χ1v) is 5.80. The quantitative estimate of drug-likeness (QED) is 0.774. The normalized spacial score (nSPS) is 11.9. The second-order valence-electron chi connectivity index (χ2n) is 3.61. The van der Waals surface area contributed by atoms with Gasteiger partial charge in [-0.05, 0) is 25.5 Å². The third-order valence-corrected chi connectivity index (χ3v) is 2.23. The summed E-state index contributed by atoms with van der Waals surface area (Å²) in [6.45, 7) is 4.03. The van der Waals surface area contributed by atoms with Gasteiger partial charge in [-0.2, -0.15) is 0 Å². The van der Waals surface area contributed by atoms with Gasteiger partial charge in [-0.25, -0.2) is 4.79 Å². The summed E-state index contributed by atoms with van der Waals surface area (Å²) in [5.74, 6) is -0.0606. The summed E-state index contributed by atoms with van der Waals surface area (Å²) in [6.07, 6.45) is 0.706. The zero-order valence-corrected chi connectivity index (χ0v) is 10.2. The smallest absolute Gasteiger partial charge is 0.347 e. The fourth-order valence-corrected chi connectivity index (χ4v) is 1.43. The molecule has 1 N–H and O–H groups in total. The molecule has 4 heteroatoms. The molecule has 0 radical (unpaired) electrons. The molecule has 0 spiro atoms. The highest BCUT2D eigenvalue weighted by atomic mass is 16.6. The minimum Gasteiger partial charge on any atom is -0.504 e. The number of phenols is 1. The van der Waals surface area contributed by atoms with Crippen molar-refractivity contribution in [3.63, 3.8) is 0 Å². The standard InChI is InChI=1S/C13H18O4/c1-3-7-12(13(15)16-4-2)17-11-9-6-5-8-10(11)14/h5-6,8-9,12,14H,3-4,7H2,1-2H3/t12-/m1/s1. The lowest BCUT2D eigenvalue weighted by molar-refractivity contribution is -0.151. The van der Waals surface area contributed by atoms with E-state index >= 15 is 0 Å². The van der Waals surface area contributed by atoms with Crippen LogP contribution in [0.3, 0.4) is 0 Å². The Morgan fingerprint density at radius 2 is 2.06 bits per heavy atom. The number of phenolic OH excluding ortho intramolecular Hbond substituents is 1. The van der Waals surface area contributed by atoms with Crippen molar-refractivity contribution >= 4 is 5.97 Å². The molecule has 17 heavy (non-hydrogen) atoms. The second-order valence-corrected chi connectivity index (χ2v) is 3.61. The van der Waals surface area contributed by atoms with Crippen molar-refractivity contribution < 1.29 is 19.4 Å². The van der Waals surface area contributed by atoms with E-state index in [1.165, 1.54) is 6.07 Å². The van der Waals surface area contributed by atoms with Gasteiger partial charge < -0.3 is 14.6 Å². The molecule has 0 saturated heterocycles. The van der Waals surface area contributed by atoms with Crippen LogP contribution in [0.2, 0.25) is 0 Å². The SMILES string of the molecule is CCC[C@@H](Oc1ccccc1O)C(=O)OCC. The molecule has 0 amide bonds. The second kappa shape index (κ2) is 6.78. The number of hydrogen-bond acceptors (Lipinski definition) is 4. The lowest BCUT2D eigenvalue weighted by Crippen LogP contribution is -2.29. The summed E-state index contributed by atoms with van der Waals surface area (Å²) in [5.41, 5.74) is 0. The Bertz CT molecular complexity index is 362. The van der Waals surface area contributed by atoms with Gasteiger partial charge in [-0.3, -0.25) is 0 Å². The van der Waals surface area contributed by atoms with Gasteiger partial charge >= 0.3 is 5.97 Å². The van der Waals surface area contributed by atoms with Crippen molar-refractivity contribution in [1.82, 2.24) is 0 Å². The van der Waals surface area contributed by atoms with E-state index in [1.807, 2.05) is 6.92 Å². The number of carbonyl (C=O) groups is 1. The molecule has 0 bridgehead atoms. The van der Waals surface area contributed by atoms with Gasteiger partial charge in [0.05, 0.1) is 6.61 Å². The van der Waals surface area contributed by atoms with E-state index < -0.39 is 12.1 Å². The molecule has 0 aromatic heterocycles. The third kappa shape index (κ3) is 3.98. The lowest BCUT2D eigenvalue weighted by Gasteiger charge is -2.17. The van der Waals surface area contributed by atoms with Crippen molar-refractivity contribution in [1.29, 1.82) is 0 Å². The van der Waals surface area contributed by atoms with Gasteiger partial charge in [0.2, 0.25) is 0 Å². The molecule has 94 valence electrons. The molecular weight excluding hydrogens is 220 g/mol. The molecule has 1 atom stereocenters. The van der Waals surface area contributed by atoms with E-state index in [4.69, 9.17) is 9.47 Å². The Hall–Kier alpha value is -1.71. The first kappa shape index (κ1) is 13.4. The van der Waals surface area contributed by atoms with Crippen LogP contribution in [0, 0.1) is 0 Å². The predicted octanol–water partition coefficient (Wildman–Crippen LogP) is 2.50. The van der Waals surface area contributed by atoms with E-state index in [-0.39, 0.29) is 5.75 Å². The zero-order chi connectivity index (χ0) is 12.7. The van der Waals surface area contributed by atoms with E-state index in [1.54, 1.807) is 25.1 Å². The van der Waals surface area contributed by atoms with E-state index in [0.717, 1.165) is 6.42 Å². The minimum atomic E-state index is -0.659. The number of carbonyl (C=O) groups excluding carboxylic acids is 1. The first-order valence-electron chi connectivity index (χ1n) is 5.80. The van der Waals surface area contributed by atoms with Crippen molar-refractivity contribution in [3.05, 3.63) is 24.3 Å². The van der Waals surface area contributed by atoms with Crippen LogP contribution >= 0.6 is 0 Å². The number of ether oxygens (including phenoxy) is 2. The Balaban J connectivity index is 2.73. The van der Waals surface area contributed by atoms with Gasteiger partial charge in [0.15, 0.2) is 17.6 Å². The molecule has 0 saturated carbocycles. The molecule has 0 heterocycles. The molecule has 0 aliphatic heterocycles.